The molecule has 0 fully saturated rings. The van der Waals surface area contributed by atoms with Crippen molar-refractivity contribution < 1.29 is 73.2 Å². The zero-order chi connectivity index (χ0) is 41.8. The maximum atomic E-state index is 13.6. The maximum Gasteiger partial charge on any atom is 0.328 e. The summed E-state index contributed by atoms with van der Waals surface area (Å²) >= 11 is 0. The number of hydrogen-bond donors (Lipinski definition) is 12. The van der Waals surface area contributed by atoms with Crippen LogP contribution in [0.4, 0.5) is 0 Å². The zero-order valence-corrected chi connectivity index (χ0v) is 30.0. The first-order valence-corrected chi connectivity index (χ1v) is 16.8. The molecule has 1 rings (SSSR count). The number of amides is 7. The molecule has 0 radical (unpaired) electrons. The van der Waals surface area contributed by atoms with E-state index in [1.165, 1.54) is 14.1 Å². The number of carbonyl (C=O) groups is 11. The number of imide groups is 1. The molecule has 0 aromatic heterocycles. The normalized spacial score (nSPS) is 15.4. The fourth-order valence-electron chi connectivity index (χ4n) is 5.01. The predicted octanol–water partition coefficient (Wildman–Crippen LogP) is -5.83. The third kappa shape index (κ3) is 16.3. The lowest BCUT2D eigenvalue weighted by Gasteiger charge is -2.28. The number of nitrogens with two attached hydrogens (primary N) is 1. The minimum absolute atomic E-state index is 0.156. The summed E-state index contributed by atoms with van der Waals surface area (Å²) in [6.07, 6.45) is -0.960. The van der Waals surface area contributed by atoms with Gasteiger partial charge in [0, 0.05) is 44.5 Å². The summed E-state index contributed by atoms with van der Waals surface area (Å²) in [6, 6.07) is -8.97. The van der Waals surface area contributed by atoms with Gasteiger partial charge in [-0.3, -0.25) is 52.8 Å². The van der Waals surface area contributed by atoms with Crippen molar-refractivity contribution in [2.75, 3.05) is 33.7 Å². The van der Waals surface area contributed by atoms with Crippen molar-refractivity contribution in [1.82, 2.24) is 42.1 Å². The molecule has 3 unspecified atom stereocenters. The number of aliphatic carboxylic acids is 4. The van der Waals surface area contributed by atoms with Crippen LogP contribution in [0, 0.1) is 0 Å². The van der Waals surface area contributed by atoms with Crippen molar-refractivity contribution in [2.24, 2.45) is 5.73 Å². The first-order valence-electron chi connectivity index (χ1n) is 16.8. The molecule has 1 aliphatic heterocycles. The zero-order valence-electron chi connectivity index (χ0n) is 30.0. The van der Waals surface area contributed by atoms with Crippen molar-refractivity contribution in [2.45, 2.75) is 81.2 Å². The summed E-state index contributed by atoms with van der Waals surface area (Å²) in [6.45, 7) is -1.69. The van der Waals surface area contributed by atoms with Crippen LogP contribution in [0.2, 0.25) is 0 Å². The lowest BCUT2D eigenvalue weighted by Crippen LogP contribution is -2.61. The van der Waals surface area contributed by atoms with Gasteiger partial charge in [0.2, 0.25) is 29.5 Å². The van der Waals surface area contributed by atoms with E-state index in [9.17, 15) is 63.0 Å². The molecule has 7 amide bonds. The number of likely N-dealkylation sites (N-methyl/N-ethyl adjacent to an activating group) is 2. The minimum atomic E-state index is -1.77. The summed E-state index contributed by atoms with van der Waals surface area (Å²) in [5.41, 5.74) is 5.58. The molecule has 55 heavy (non-hydrogen) atoms. The van der Waals surface area contributed by atoms with Gasteiger partial charge in [0.1, 0.15) is 24.2 Å². The van der Waals surface area contributed by atoms with Gasteiger partial charge in [-0.25, -0.2) is 4.79 Å². The Bertz CT molecular complexity index is 1490. The van der Waals surface area contributed by atoms with E-state index in [4.69, 9.17) is 15.9 Å². The van der Waals surface area contributed by atoms with Gasteiger partial charge in [0.25, 0.3) is 11.8 Å². The lowest BCUT2D eigenvalue weighted by molar-refractivity contribution is -0.145. The number of carbonyl (C=O) groups excluding carboxylic acids is 7. The second-order valence-corrected chi connectivity index (χ2v) is 12.0. The Balaban J connectivity index is 3.29. The van der Waals surface area contributed by atoms with E-state index in [-0.39, 0.29) is 25.8 Å². The summed E-state index contributed by atoms with van der Waals surface area (Å²) in [4.78, 5) is 136. The van der Waals surface area contributed by atoms with Crippen LogP contribution < -0.4 is 43.0 Å². The van der Waals surface area contributed by atoms with Gasteiger partial charge in [-0.2, -0.15) is 0 Å². The van der Waals surface area contributed by atoms with E-state index in [1.54, 1.807) is 0 Å². The molecule has 0 saturated heterocycles. The second-order valence-electron chi connectivity index (χ2n) is 12.0. The maximum absolute atomic E-state index is 13.6. The third-order valence-corrected chi connectivity index (χ3v) is 8.01. The molecule has 306 valence electrons. The average molecular weight is 786 g/mol. The monoisotopic (exact) mass is 785 g/mol. The van der Waals surface area contributed by atoms with Crippen molar-refractivity contribution in [3.8, 4) is 0 Å². The Morgan fingerprint density at radius 3 is 1.36 bits per heavy atom. The highest BCUT2D eigenvalue weighted by atomic mass is 16.4. The highest BCUT2D eigenvalue weighted by Gasteiger charge is 2.37. The summed E-state index contributed by atoms with van der Waals surface area (Å²) < 4.78 is 0. The first-order chi connectivity index (χ1) is 25.9. The lowest BCUT2D eigenvalue weighted by atomic mass is 10.1. The van der Waals surface area contributed by atoms with Crippen LogP contribution >= 0.6 is 0 Å². The fraction of sp³-hybridized carbons (Fsp3) is 0.581. The molecule has 24 heteroatoms. The van der Waals surface area contributed by atoms with E-state index < -0.39 is 140 Å². The van der Waals surface area contributed by atoms with Crippen molar-refractivity contribution in [3.05, 3.63) is 12.2 Å². The molecule has 6 atom stereocenters. The molecule has 1 heterocycles. The number of carboxylic acid groups (broad SMARTS) is 4. The van der Waals surface area contributed by atoms with Crippen molar-refractivity contribution in [1.29, 1.82) is 0 Å². The van der Waals surface area contributed by atoms with E-state index in [1.807, 2.05) is 0 Å². The standard InChI is InChI=1S/C31H47N9O15/c1-33-15(3-8-23(43)44)27(50)38-18(13-36-30(53)20(11-12-32)40-21(41)6-7-22(40)42)29(52)37-17(5-10-25(47)48)26(49)35-14-19(31(54)55)39-28(51)16(34-2)4-9-24(45)46/h6-7,15-20,33-34H,3-5,8-14,32H2,1-2H3,(H,35,49)(H,36,53)(H,37,52)(H,38,50)(H,39,51)(H,43,44)(H,45,46)(H,47,48)(H,54,55)/t15-,16-,17?,18?,19?,20-/m0/s1. The van der Waals surface area contributed by atoms with E-state index >= 15 is 0 Å². The Kier molecular flexibility index (Phi) is 20.2. The Morgan fingerprint density at radius 1 is 0.564 bits per heavy atom. The van der Waals surface area contributed by atoms with E-state index in [2.05, 4.69) is 37.2 Å². The highest BCUT2D eigenvalue weighted by molar-refractivity contribution is 6.15. The quantitative estimate of drug-likeness (QED) is 0.0345. The smallest absolute Gasteiger partial charge is 0.328 e. The number of nitrogens with zero attached hydrogens (tertiary/aromatic N) is 1. The number of hydrogen-bond acceptors (Lipinski definition) is 14. The summed E-state index contributed by atoms with van der Waals surface area (Å²) in [5, 5.41) is 53.2. The van der Waals surface area contributed by atoms with Gasteiger partial charge in [-0.15, -0.1) is 0 Å². The Labute approximate surface area is 313 Å². The molecule has 0 aromatic carbocycles. The van der Waals surface area contributed by atoms with Crippen LogP contribution in [0.3, 0.4) is 0 Å². The van der Waals surface area contributed by atoms with Crippen LogP contribution in [-0.2, 0) is 52.7 Å². The molecule has 24 nitrogen and oxygen atoms in total. The van der Waals surface area contributed by atoms with Crippen LogP contribution in [0.15, 0.2) is 12.2 Å². The average Bonchev–Trinajstić information content (AvgIpc) is 3.45. The first kappa shape index (κ1) is 47.0. The number of nitrogens with one attached hydrogen (secondary N) is 7. The molecule has 0 spiro atoms. The van der Waals surface area contributed by atoms with E-state index in [0.29, 0.717) is 4.90 Å². The molecule has 0 aromatic rings. The molecule has 1 aliphatic rings. The van der Waals surface area contributed by atoms with Crippen LogP contribution in [0.1, 0.15) is 44.9 Å². The predicted molar refractivity (Wildman–Crippen MR) is 184 cm³/mol. The van der Waals surface area contributed by atoms with Crippen LogP contribution in [-0.4, -0.2) is 161 Å². The van der Waals surface area contributed by atoms with Gasteiger partial charge >= 0.3 is 23.9 Å². The van der Waals surface area contributed by atoms with Gasteiger partial charge in [-0.05, 0) is 46.3 Å². The molecule has 0 saturated carbocycles. The van der Waals surface area contributed by atoms with Gasteiger partial charge in [0.15, 0.2) is 0 Å². The van der Waals surface area contributed by atoms with Gasteiger partial charge in [0.05, 0.1) is 12.1 Å². The summed E-state index contributed by atoms with van der Waals surface area (Å²) in [7, 11) is 2.66. The van der Waals surface area contributed by atoms with Crippen LogP contribution in [0.25, 0.3) is 0 Å². The molecular weight excluding hydrogens is 738 g/mol. The largest absolute Gasteiger partial charge is 0.481 e. The third-order valence-electron chi connectivity index (χ3n) is 8.01. The van der Waals surface area contributed by atoms with Crippen LogP contribution in [0.5, 0.6) is 0 Å². The molecule has 0 aliphatic carbocycles. The highest BCUT2D eigenvalue weighted by Crippen LogP contribution is 2.12. The van der Waals surface area contributed by atoms with Crippen molar-refractivity contribution >= 4 is 65.2 Å². The van der Waals surface area contributed by atoms with E-state index in [0.717, 1.165) is 12.2 Å². The number of rotatable bonds is 27. The number of carboxylic acids is 4. The molecule has 0 bridgehead atoms. The second kappa shape index (κ2) is 23.6. The topological polar surface area (TPSA) is 382 Å². The molecular formula is C31H47N9O15. The summed E-state index contributed by atoms with van der Waals surface area (Å²) in [5.74, 6) is -12.2. The minimum Gasteiger partial charge on any atom is -0.481 e. The molecule has 13 N–H and O–H groups in total. The van der Waals surface area contributed by atoms with Gasteiger partial charge < -0.3 is 63.4 Å². The van der Waals surface area contributed by atoms with Crippen molar-refractivity contribution in [3.63, 3.8) is 0 Å². The Hall–Kier alpha value is -6.01. The fourth-order valence-corrected chi connectivity index (χ4v) is 5.01. The van der Waals surface area contributed by atoms with Gasteiger partial charge in [-0.1, -0.05) is 0 Å². The SMILES string of the molecule is CN[C@@H](CCC(=O)O)C(=O)NC(CNC(=O)C(CCC(=O)O)NC(=O)C(CNC(=O)[C@H](CCN)N1C(=O)C=CC1=O)NC(=O)[C@H](CCC(=O)O)NC)C(=O)O. The Morgan fingerprint density at radius 2 is 0.945 bits per heavy atom.